The van der Waals surface area contributed by atoms with Crippen molar-refractivity contribution in [1.82, 2.24) is 4.72 Å². The Morgan fingerprint density at radius 3 is 2.40 bits per heavy atom. The fourth-order valence-corrected chi connectivity index (χ4v) is 3.30. The summed E-state index contributed by atoms with van der Waals surface area (Å²) >= 11 is 0. The molecule has 0 radical (unpaired) electrons. The van der Waals surface area contributed by atoms with Crippen molar-refractivity contribution in [1.29, 1.82) is 0 Å². The van der Waals surface area contributed by atoms with Gasteiger partial charge in [-0.05, 0) is 30.2 Å². The Kier molecular flexibility index (Phi) is 4.52. The predicted octanol–water partition coefficient (Wildman–Crippen LogP) is 3.26. The summed E-state index contributed by atoms with van der Waals surface area (Å²) in [5.74, 6) is -0.569. The lowest BCUT2D eigenvalue weighted by Crippen LogP contribution is -2.28. The van der Waals surface area contributed by atoms with Crippen LogP contribution in [0.3, 0.4) is 0 Å². The maximum Gasteiger partial charge on any atom is 0.241 e. The third kappa shape index (κ3) is 3.43. The van der Waals surface area contributed by atoms with Gasteiger partial charge in [-0.2, -0.15) is 0 Å². The van der Waals surface area contributed by atoms with Crippen LogP contribution in [0.25, 0.3) is 0 Å². The van der Waals surface area contributed by atoms with Crippen LogP contribution in [0.2, 0.25) is 0 Å². The molecule has 0 fully saturated rings. The van der Waals surface area contributed by atoms with Gasteiger partial charge in [0.25, 0.3) is 0 Å². The van der Waals surface area contributed by atoms with Crippen molar-refractivity contribution in [3.8, 4) is 0 Å². The normalized spacial score (nSPS) is 13.1. The van der Waals surface area contributed by atoms with E-state index in [0.717, 1.165) is 11.6 Å². The molecule has 0 aliphatic carbocycles. The Morgan fingerprint density at radius 1 is 1.10 bits per heavy atom. The molecule has 0 saturated heterocycles. The monoisotopic (exact) mass is 293 g/mol. The van der Waals surface area contributed by atoms with Gasteiger partial charge in [-0.3, -0.25) is 0 Å². The Bertz CT molecular complexity index is 671. The van der Waals surface area contributed by atoms with Crippen LogP contribution in [0.1, 0.15) is 24.9 Å². The van der Waals surface area contributed by atoms with E-state index < -0.39 is 15.8 Å². The minimum absolute atomic E-state index is 0.0631. The summed E-state index contributed by atoms with van der Waals surface area (Å²) in [6, 6.07) is 14.0. The molecule has 0 saturated carbocycles. The lowest BCUT2D eigenvalue weighted by Gasteiger charge is -2.17. The molecule has 2 aromatic carbocycles. The van der Waals surface area contributed by atoms with Crippen LogP contribution >= 0.6 is 0 Å². The van der Waals surface area contributed by atoms with Gasteiger partial charge < -0.3 is 0 Å². The number of sulfonamides is 1. The highest BCUT2D eigenvalue weighted by Crippen LogP contribution is 2.20. The Balaban J connectivity index is 2.27. The molecule has 20 heavy (non-hydrogen) atoms. The molecule has 3 nitrogen and oxygen atoms in total. The van der Waals surface area contributed by atoms with Crippen LogP contribution in [0.5, 0.6) is 0 Å². The summed E-state index contributed by atoms with van der Waals surface area (Å²) in [5, 5.41) is 0. The Morgan fingerprint density at radius 2 is 1.80 bits per heavy atom. The molecule has 0 amide bonds. The summed E-state index contributed by atoms with van der Waals surface area (Å²) in [6.07, 6.45) is 0.610. The summed E-state index contributed by atoms with van der Waals surface area (Å²) in [7, 11) is -3.73. The van der Waals surface area contributed by atoms with Crippen molar-refractivity contribution in [3.63, 3.8) is 0 Å². The number of hydrogen-bond acceptors (Lipinski definition) is 2. The molecule has 0 aliphatic heterocycles. The summed E-state index contributed by atoms with van der Waals surface area (Å²) < 4.78 is 40.3. The zero-order chi connectivity index (χ0) is 14.6. The van der Waals surface area contributed by atoms with Gasteiger partial charge in [0.1, 0.15) is 5.82 Å². The van der Waals surface area contributed by atoms with Crippen molar-refractivity contribution < 1.29 is 12.8 Å². The van der Waals surface area contributed by atoms with Crippen LogP contribution in [-0.2, 0) is 10.0 Å². The van der Waals surface area contributed by atoms with Gasteiger partial charge in [-0.1, -0.05) is 43.3 Å². The molecule has 0 heterocycles. The standard InChI is InChI=1S/C15H16FNO2S/c1-2-15(12-7-4-3-5-8-12)17-20(18,19)14-10-6-9-13(16)11-14/h3-11,15,17H,2H2,1H3/t15-/m1/s1. The summed E-state index contributed by atoms with van der Waals surface area (Å²) in [5.41, 5.74) is 0.884. The van der Waals surface area contributed by atoms with Crippen LogP contribution in [-0.4, -0.2) is 8.42 Å². The number of hydrogen-bond donors (Lipinski definition) is 1. The molecule has 1 N–H and O–H groups in total. The van der Waals surface area contributed by atoms with Gasteiger partial charge in [0.2, 0.25) is 10.0 Å². The second-order valence-electron chi connectivity index (χ2n) is 4.45. The molecule has 5 heteroatoms. The molecule has 0 aliphatic rings. The fourth-order valence-electron chi connectivity index (χ4n) is 1.96. The quantitative estimate of drug-likeness (QED) is 0.919. The van der Waals surface area contributed by atoms with Gasteiger partial charge >= 0.3 is 0 Å². The smallest absolute Gasteiger partial charge is 0.207 e. The molecule has 0 unspecified atom stereocenters. The second kappa shape index (κ2) is 6.15. The first-order valence-corrected chi connectivity index (χ1v) is 7.84. The van der Waals surface area contributed by atoms with Crippen molar-refractivity contribution in [2.75, 3.05) is 0 Å². The van der Waals surface area contributed by atoms with Gasteiger partial charge in [0, 0.05) is 6.04 Å². The molecule has 106 valence electrons. The SMILES string of the molecule is CC[C@@H](NS(=O)(=O)c1cccc(F)c1)c1ccccc1. The summed E-state index contributed by atoms with van der Waals surface area (Å²) in [6.45, 7) is 1.89. The van der Waals surface area contributed by atoms with E-state index in [2.05, 4.69) is 4.72 Å². The van der Waals surface area contributed by atoms with E-state index in [0.29, 0.717) is 6.42 Å². The summed E-state index contributed by atoms with van der Waals surface area (Å²) in [4.78, 5) is -0.0631. The molecule has 1 atom stereocenters. The number of rotatable bonds is 5. The highest BCUT2D eigenvalue weighted by atomic mass is 32.2. The average Bonchev–Trinajstić information content (AvgIpc) is 2.46. The third-order valence-corrected chi connectivity index (χ3v) is 4.48. The number of halogens is 1. The van der Waals surface area contributed by atoms with Gasteiger partial charge in [-0.25, -0.2) is 17.5 Å². The van der Waals surface area contributed by atoms with Crippen molar-refractivity contribution >= 4 is 10.0 Å². The first-order valence-electron chi connectivity index (χ1n) is 6.36. The highest BCUT2D eigenvalue weighted by Gasteiger charge is 2.20. The van der Waals surface area contributed by atoms with E-state index in [4.69, 9.17) is 0 Å². The molecular formula is C15H16FNO2S. The van der Waals surface area contributed by atoms with Crippen LogP contribution in [0, 0.1) is 5.82 Å². The minimum Gasteiger partial charge on any atom is -0.207 e. The van der Waals surface area contributed by atoms with Gasteiger partial charge in [0.05, 0.1) is 4.90 Å². The molecular weight excluding hydrogens is 277 g/mol. The van der Waals surface area contributed by atoms with E-state index in [1.165, 1.54) is 18.2 Å². The largest absolute Gasteiger partial charge is 0.241 e. The molecule has 0 spiro atoms. The highest BCUT2D eigenvalue weighted by molar-refractivity contribution is 7.89. The Labute approximate surface area is 118 Å². The zero-order valence-electron chi connectivity index (χ0n) is 11.1. The van der Waals surface area contributed by atoms with E-state index >= 15 is 0 Å². The molecule has 2 aromatic rings. The van der Waals surface area contributed by atoms with E-state index in [1.807, 2.05) is 37.3 Å². The molecule has 0 aromatic heterocycles. The first kappa shape index (κ1) is 14.7. The number of benzene rings is 2. The molecule has 0 bridgehead atoms. The topological polar surface area (TPSA) is 46.2 Å². The average molecular weight is 293 g/mol. The van der Waals surface area contributed by atoms with Crippen molar-refractivity contribution in [2.24, 2.45) is 0 Å². The fraction of sp³-hybridized carbons (Fsp3) is 0.200. The van der Waals surface area contributed by atoms with E-state index in [9.17, 15) is 12.8 Å². The van der Waals surface area contributed by atoms with Crippen molar-refractivity contribution in [3.05, 3.63) is 66.0 Å². The first-order chi connectivity index (χ1) is 9.53. The Hall–Kier alpha value is -1.72. The second-order valence-corrected chi connectivity index (χ2v) is 6.16. The zero-order valence-corrected chi connectivity index (χ0v) is 11.9. The minimum atomic E-state index is -3.73. The van der Waals surface area contributed by atoms with Gasteiger partial charge in [0.15, 0.2) is 0 Å². The predicted molar refractivity (Wildman–Crippen MR) is 76.2 cm³/mol. The van der Waals surface area contributed by atoms with Crippen LogP contribution in [0.4, 0.5) is 4.39 Å². The maximum atomic E-state index is 13.1. The van der Waals surface area contributed by atoms with E-state index in [1.54, 1.807) is 0 Å². The van der Waals surface area contributed by atoms with E-state index in [-0.39, 0.29) is 10.9 Å². The lowest BCUT2D eigenvalue weighted by molar-refractivity contribution is 0.548. The van der Waals surface area contributed by atoms with Gasteiger partial charge in [-0.15, -0.1) is 0 Å². The lowest BCUT2D eigenvalue weighted by atomic mass is 10.1. The maximum absolute atomic E-state index is 13.1. The van der Waals surface area contributed by atoms with Crippen molar-refractivity contribution in [2.45, 2.75) is 24.3 Å². The van der Waals surface area contributed by atoms with Crippen LogP contribution in [0.15, 0.2) is 59.5 Å². The van der Waals surface area contributed by atoms with Crippen LogP contribution < -0.4 is 4.72 Å². The number of nitrogens with one attached hydrogen (secondary N) is 1. The molecule has 2 rings (SSSR count). The third-order valence-electron chi connectivity index (χ3n) is 3.01.